The highest BCUT2D eigenvalue weighted by Crippen LogP contribution is 2.49. The van der Waals surface area contributed by atoms with Crippen LogP contribution in [0, 0.1) is 17.8 Å². The van der Waals surface area contributed by atoms with Crippen molar-refractivity contribution < 1.29 is 4.74 Å². The van der Waals surface area contributed by atoms with Crippen molar-refractivity contribution in [2.45, 2.75) is 25.7 Å². The van der Waals surface area contributed by atoms with Crippen LogP contribution in [0.15, 0.2) is 0 Å². The van der Waals surface area contributed by atoms with Gasteiger partial charge >= 0.3 is 0 Å². The summed E-state index contributed by atoms with van der Waals surface area (Å²) in [4.78, 5) is 2.46. The maximum absolute atomic E-state index is 5.14. The Balaban J connectivity index is 1.66. The minimum atomic E-state index is 0.966. The van der Waals surface area contributed by atoms with E-state index in [9.17, 15) is 0 Å². The van der Waals surface area contributed by atoms with Crippen molar-refractivity contribution in [3.8, 4) is 0 Å². The molecule has 14 heavy (non-hydrogen) atoms. The summed E-state index contributed by atoms with van der Waals surface area (Å²) in [6, 6.07) is 0. The van der Waals surface area contributed by atoms with E-state index in [1.807, 2.05) is 7.11 Å². The van der Waals surface area contributed by atoms with Crippen LogP contribution >= 0.6 is 0 Å². The van der Waals surface area contributed by atoms with Gasteiger partial charge in [-0.05, 0) is 56.5 Å². The SMILES string of the molecule is BN1CCC([C@H]2C[C@H]2CCOC)CC1. The molecule has 0 N–H and O–H groups in total. The molecule has 0 spiro atoms. The Hall–Kier alpha value is -0.0151. The molecular weight excluding hydrogens is 173 g/mol. The first kappa shape index (κ1) is 10.5. The van der Waals surface area contributed by atoms with Gasteiger partial charge in [0, 0.05) is 13.7 Å². The second-order valence-electron chi connectivity index (χ2n) is 5.08. The molecule has 80 valence electrons. The zero-order chi connectivity index (χ0) is 9.97. The van der Waals surface area contributed by atoms with Crippen LogP contribution < -0.4 is 0 Å². The quantitative estimate of drug-likeness (QED) is 0.618. The van der Waals surface area contributed by atoms with Crippen molar-refractivity contribution in [3.05, 3.63) is 0 Å². The maximum Gasteiger partial charge on any atom is 0.185 e. The molecule has 2 atom stereocenters. The van der Waals surface area contributed by atoms with Crippen LogP contribution in [-0.4, -0.2) is 39.6 Å². The van der Waals surface area contributed by atoms with Crippen LogP contribution in [0.3, 0.4) is 0 Å². The third-order valence-electron chi connectivity index (χ3n) is 4.04. The van der Waals surface area contributed by atoms with Crippen molar-refractivity contribution in [1.82, 2.24) is 4.81 Å². The molecule has 1 saturated heterocycles. The molecule has 0 bridgehead atoms. The molecule has 0 amide bonds. The van der Waals surface area contributed by atoms with E-state index in [1.165, 1.54) is 38.8 Å². The minimum absolute atomic E-state index is 0.966. The third kappa shape index (κ3) is 2.51. The van der Waals surface area contributed by atoms with E-state index >= 15 is 0 Å². The van der Waals surface area contributed by atoms with Gasteiger partial charge in [0.1, 0.15) is 0 Å². The van der Waals surface area contributed by atoms with Crippen molar-refractivity contribution in [2.75, 3.05) is 26.8 Å². The second-order valence-corrected chi connectivity index (χ2v) is 5.08. The lowest BCUT2D eigenvalue weighted by atomic mass is 9.89. The molecule has 2 rings (SSSR count). The van der Waals surface area contributed by atoms with Gasteiger partial charge in [0.15, 0.2) is 7.98 Å². The first-order valence-corrected chi connectivity index (χ1v) is 5.98. The molecule has 0 aromatic carbocycles. The van der Waals surface area contributed by atoms with Gasteiger partial charge in [-0.1, -0.05) is 0 Å². The van der Waals surface area contributed by atoms with E-state index in [2.05, 4.69) is 12.8 Å². The van der Waals surface area contributed by atoms with E-state index in [4.69, 9.17) is 4.74 Å². The molecule has 2 nitrogen and oxygen atoms in total. The summed E-state index contributed by atoms with van der Waals surface area (Å²) in [5, 5.41) is 0. The molecule has 3 heteroatoms. The topological polar surface area (TPSA) is 12.5 Å². The van der Waals surface area contributed by atoms with E-state index in [0.717, 1.165) is 24.4 Å². The monoisotopic (exact) mass is 195 g/mol. The first-order valence-electron chi connectivity index (χ1n) is 5.98. The van der Waals surface area contributed by atoms with Gasteiger partial charge in [-0.2, -0.15) is 0 Å². The van der Waals surface area contributed by atoms with Crippen LogP contribution in [0.4, 0.5) is 0 Å². The average molecular weight is 195 g/mol. The molecule has 0 unspecified atom stereocenters. The highest BCUT2D eigenvalue weighted by atomic mass is 16.5. The van der Waals surface area contributed by atoms with Crippen LogP contribution in [-0.2, 0) is 4.74 Å². The van der Waals surface area contributed by atoms with Gasteiger partial charge in [0.25, 0.3) is 0 Å². The number of rotatable bonds is 4. The van der Waals surface area contributed by atoms with E-state index < -0.39 is 0 Å². The van der Waals surface area contributed by atoms with Crippen molar-refractivity contribution in [1.29, 1.82) is 0 Å². The standard InChI is InChI=1S/C11H22BNO/c1-14-7-4-10-8-11(10)9-2-5-13(12)6-3-9/h9-11H,2-8,12H2,1H3/t10-,11-/m1/s1. The molecule has 0 radical (unpaired) electrons. The maximum atomic E-state index is 5.14. The summed E-state index contributed by atoms with van der Waals surface area (Å²) < 4.78 is 5.14. The number of hydrogen-bond donors (Lipinski definition) is 0. The highest BCUT2D eigenvalue weighted by Gasteiger charge is 2.42. The number of nitrogens with zero attached hydrogens (tertiary/aromatic N) is 1. The summed E-state index contributed by atoms with van der Waals surface area (Å²) in [5.41, 5.74) is 0. The Bertz CT molecular complexity index is 180. The Labute approximate surface area is 88.4 Å². The Morgan fingerprint density at radius 3 is 2.71 bits per heavy atom. The van der Waals surface area contributed by atoms with Crippen molar-refractivity contribution in [2.24, 2.45) is 17.8 Å². The van der Waals surface area contributed by atoms with Crippen LogP contribution in [0.5, 0.6) is 0 Å². The average Bonchev–Trinajstić information content (AvgIpc) is 2.95. The number of methoxy groups -OCH3 is 1. The zero-order valence-electron chi connectivity index (χ0n) is 9.54. The lowest BCUT2D eigenvalue weighted by molar-refractivity contribution is 0.182. The number of piperidine rings is 1. The Morgan fingerprint density at radius 2 is 2.07 bits per heavy atom. The number of ether oxygens (including phenoxy) is 1. The van der Waals surface area contributed by atoms with Gasteiger partial charge in [-0.25, -0.2) is 0 Å². The van der Waals surface area contributed by atoms with E-state index in [-0.39, 0.29) is 0 Å². The van der Waals surface area contributed by atoms with Gasteiger partial charge in [0.2, 0.25) is 0 Å². The van der Waals surface area contributed by atoms with Gasteiger partial charge < -0.3 is 9.55 Å². The predicted molar refractivity (Wildman–Crippen MR) is 60.9 cm³/mol. The third-order valence-corrected chi connectivity index (χ3v) is 4.04. The molecule has 1 aliphatic heterocycles. The van der Waals surface area contributed by atoms with Gasteiger partial charge in [-0.15, -0.1) is 0 Å². The summed E-state index contributed by atoms with van der Waals surface area (Å²) in [5.74, 6) is 3.09. The largest absolute Gasteiger partial charge is 0.385 e. The van der Waals surface area contributed by atoms with Crippen LogP contribution in [0.25, 0.3) is 0 Å². The summed E-state index contributed by atoms with van der Waals surface area (Å²) in [6.45, 7) is 3.60. The fourth-order valence-electron chi connectivity index (χ4n) is 2.91. The second kappa shape index (κ2) is 4.67. The number of hydrogen-bond acceptors (Lipinski definition) is 2. The molecule has 1 aliphatic carbocycles. The molecule has 1 saturated carbocycles. The lowest BCUT2D eigenvalue weighted by Crippen LogP contribution is -2.32. The van der Waals surface area contributed by atoms with Gasteiger partial charge in [0.05, 0.1) is 0 Å². The molecule has 0 aromatic heterocycles. The molecule has 2 aliphatic rings. The predicted octanol–water partition coefficient (Wildman–Crippen LogP) is 0.919. The molecule has 1 heterocycles. The highest BCUT2D eigenvalue weighted by molar-refractivity contribution is 6.04. The normalized spacial score (nSPS) is 34.6. The smallest absolute Gasteiger partial charge is 0.185 e. The molecule has 0 aromatic rings. The fourth-order valence-corrected chi connectivity index (χ4v) is 2.91. The first-order chi connectivity index (χ1) is 6.81. The Morgan fingerprint density at radius 1 is 1.36 bits per heavy atom. The fraction of sp³-hybridized carbons (Fsp3) is 1.00. The molecule has 2 fully saturated rings. The lowest BCUT2D eigenvalue weighted by Gasteiger charge is -2.29. The minimum Gasteiger partial charge on any atom is -0.385 e. The molecular formula is C11H22BNO. The van der Waals surface area contributed by atoms with Crippen molar-refractivity contribution >= 4 is 7.98 Å². The van der Waals surface area contributed by atoms with Crippen LogP contribution in [0.2, 0.25) is 0 Å². The summed E-state index contributed by atoms with van der Waals surface area (Å²) >= 11 is 0. The van der Waals surface area contributed by atoms with Crippen molar-refractivity contribution in [3.63, 3.8) is 0 Å². The Kier molecular flexibility index (Phi) is 3.50. The van der Waals surface area contributed by atoms with E-state index in [0.29, 0.717) is 0 Å². The summed E-state index contributed by atoms with van der Waals surface area (Å²) in [7, 11) is 4.05. The van der Waals surface area contributed by atoms with Gasteiger partial charge in [-0.3, -0.25) is 0 Å². The summed E-state index contributed by atoms with van der Waals surface area (Å²) in [6.07, 6.45) is 5.65. The van der Waals surface area contributed by atoms with E-state index in [1.54, 1.807) is 0 Å². The van der Waals surface area contributed by atoms with Crippen LogP contribution in [0.1, 0.15) is 25.7 Å². The zero-order valence-corrected chi connectivity index (χ0v) is 9.54.